The average Bonchev–Trinajstić information content (AvgIpc) is 2.17. The number of carbonyl (C=O) groups excluding carboxylic acids is 2. The van der Waals surface area contributed by atoms with E-state index in [9.17, 15) is 14.4 Å². The van der Waals surface area contributed by atoms with Crippen LogP contribution >= 0.6 is 0 Å². The largest absolute Gasteiger partial charge is 0.480 e. The van der Waals surface area contributed by atoms with E-state index in [0.717, 1.165) is 0 Å². The Morgan fingerprint density at radius 3 is 2.47 bits per heavy atom. The van der Waals surface area contributed by atoms with Crippen molar-refractivity contribution in [3.63, 3.8) is 0 Å². The van der Waals surface area contributed by atoms with Gasteiger partial charge in [0.05, 0.1) is 13.5 Å². The van der Waals surface area contributed by atoms with Crippen LogP contribution in [0.4, 0.5) is 4.79 Å². The fourth-order valence-corrected chi connectivity index (χ4v) is 0.690. The van der Waals surface area contributed by atoms with Gasteiger partial charge in [0.25, 0.3) is 0 Å². The van der Waals surface area contributed by atoms with Gasteiger partial charge in [-0.25, -0.2) is 4.79 Å². The van der Waals surface area contributed by atoms with E-state index in [0.29, 0.717) is 0 Å². The number of urea groups is 1. The molecule has 7 heteroatoms. The molecule has 0 radical (unpaired) electrons. The highest BCUT2D eigenvalue weighted by Crippen LogP contribution is 1.83. The third kappa shape index (κ3) is 6.30. The molecule has 15 heavy (non-hydrogen) atoms. The van der Waals surface area contributed by atoms with Gasteiger partial charge in [-0.2, -0.15) is 0 Å². The minimum absolute atomic E-state index is 0.0470. The van der Waals surface area contributed by atoms with E-state index in [1.165, 1.54) is 14.0 Å². The molecule has 0 rings (SSSR count). The van der Waals surface area contributed by atoms with Gasteiger partial charge in [-0.15, -0.1) is 0 Å². The summed E-state index contributed by atoms with van der Waals surface area (Å²) in [5, 5.41) is 13.0. The lowest BCUT2D eigenvalue weighted by Gasteiger charge is -2.09. The van der Waals surface area contributed by atoms with Crippen molar-refractivity contribution in [2.45, 2.75) is 19.4 Å². The fraction of sp³-hybridized carbons (Fsp3) is 0.625. The standard InChI is InChI=1S/C8H14N2O5/c1-5(7(12)13)10-8(14)9-4-3-6(11)15-2/h5H,3-4H2,1-2H3,(H,12,13)(H2,9,10,14)/t5-/m0/s1. The van der Waals surface area contributed by atoms with E-state index in [2.05, 4.69) is 15.4 Å². The smallest absolute Gasteiger partial charge is 0.325 e. The number of esters is 1. The van der Waals surface area contributed by atoms with Crippen LogP contribution in [-0.4, -0.2) is 42.8 Å². The molecule has 1 atom stereocenters. The monoisotopic (exact) mass is 218 g/mol. The summed E-state index contributed by atoms with van der Waals surface area (Å²) < 4.78 is 4.35. The number of methoxy groups -OCH3 is 1. The number of carboxylic acid groups (broad SMARTS) is 1. The molecular formula is C8H14N2O5. The first-order chi connectivity index (χ1) is 6.97. The fourth-order valence-electron chi connectivity index (χ4n) is 0.690. The minimum atomic E-state index is -1.13. The molecule has 0 unspecified atom stereocenters. The van der Waals surface area contributed by atoms with E-state index in [-0.39, 0.29) is 13.0 Å². The maximum absolute atomic E-state index is 11.0. The Morgan fingerprint density at radius 1 is 1.40 bits per heavy atom. The molecule has 0 fully saturated rings. The van der Waals surface area contributed by atoms with Crippen molar-refractivity contribution in [3.05, 3.63) is 0 Å². The molecule has 0 heterocycles. The van der Waals surface area contributed by atoms with Gasteiger partial charge < -0.3 is 20.5 Å². The highest BCUT2D eigenvalue weighted by molar-refractivity contribution is 5.82. The van der Waals surface area contributed by atoms with Crippen molar-refractivity contribution in [3.8, 4) is 0 Å². The summed E-state index contributed by atoms with van der Waals surface area (Å²) >= 11 is 0. The lowest BCUT2D eigenvalue weighted by molar-refractivity contribution is -0.140. The van der Waals surface area contributed by atoms with Crippen molar-refractivity contribution in [1.82, 2.24) is 10.6 Å². The Labute approximate surface area is 86.8 Å². The van der Waals surface area contributed by atoms with Crippen LogP contribution < -0.4 is 10.6 Å². The number of carbonyl (C=O) groups is 3. The molecule has 86 valence electrons. The molecule has 0 aliphatic heterocycles. The number of rotatable bonds is 5. The predicted molar refractivity (Wildman–Crippen MR) is 50.3 cm³/mol. The highest BCUT2D eigenvalue weighted by Gasteiger charge is 2.13. The van der Waals surface area contributed by atoms with Crippen molar-refractivity contribution < 1.29 is 24.2 Å². The number of hydrogen-bond donors (Lipinski definition) is 3. The van der Waals surface area contributed by atoms with Crippen molar-refractivity contribution in [1.29, 1.82) is 0 Å². The molecule has 0 aromatic rings. The summed E-state index contributed by atoms with van der Waals surface area (Å²) in [5.74, 6) is -1.57. The topological polar surface area (TPSA) is 105 Å². The van der Waals surface area contributed by atoms with E-state index >= 15 is 0 Å². The highest BCUT2D eigenvalue weighted by atomic mass is 16.5. The van der Waals surface area contributed by atoms with Gasteiger partial charge in [-0.3, -0.25) is 9.59 Å². The third-order valence-corrected chi connectivity index (χ3v) is 1.56. The lowest BCUT2D eigenvalue weighted by atomic mass is 10.3. The predicted octanol–water partition coefficient (Wildman–Crippen LogP) is -0.678. The molecule has 2 amide bonds. The molecule has 7 nitrogen and oxygen atoms in total. The van der Waals surface area contributed by atoms with Crippen LogP contribution in [0.2, 0.25) is 0 Å². The van der Waals surface area contributed by atoms with Gasteiger partial charge in [-0.1, -0.05) is 0 Å². The Morgan fingerprint density at radius 2 is 2.00 bits per heavy atom. The van der Waals surface area contributed by atoms with Crippen molar-refractivity contribution in [2.24, 2.45) is 0 Å². The SMILES string of the molecule is COC(=O)CCNC(=O)N[C@@H](C)C(=O)O. The average molecular weight is 218 g/mol. The van der Waals surface area contributed by atoms with Gasteiger partial charge in [0.2, 0.25) is 0 Å². The molecule has 0 aromatic heterocycles. The summed E-state index contributed by atoms with van der Waals surface area (Å²) in [6.45, 7) is 1.44. The van der Waals surface area contributed by atoms with Crippen molar-refractivity contribution in [2.75, 3.05) is 13.7 Å². The summed E-state index contributed by atoms with van der Waals surface area (Å²) in [4.78, 5) is 32.0. The van der Waals surface area contributed by atoms with Gasteiger partial charge in [0.1, 0.15) is 6.04 Å². The van der Waals surface area contributed by atoms with Gasteiger partial charge >= 0.3 is 18.0 Å². The van der Waals surface area contributed by atoms with Crippen LogP contribution in [0.25, 0.3) is 0 Å². The number of nitrogens with one attached hydrogen (secondary N) is 2. The molecule has 0 aliphatic rings. The van der Waals surface area contributed by atoms with Crippen LogP contribution in [0, 0.1) is 0 Å². The maximum atomic E-state index is 11.0. The first-order valence-electron chi connectivity index (χ1n) is 4.31. The number of carboxylic acids is 1. The second kappa shape index (κ2) is 6.63. The zero-order valence-corrected chi connectivity index (χ0v) is 8.57. The molecule has 0 saturated heterocycles. The Balaban J connectivity index is 3.67. The second-order valence-corrected chi connectivity index (χ2v) is 2.79. The normalized spacial score (nSPS) is 11.3. The quantitative estimate of drug-likeness (QED) is 0.530. The zero-order chi connectivity index (χ0) is 11.8. The van der Waals surface area contributed by atoms with Crippen molar-refractivity contribution >= 4 is 18.0 Å². The summed E-state index contributed by atoms with van der Waals surface area (Å²) in [7, 11) is 1.24. The van der Waals surface area contributed by atoms with Crippen LogP contribution in [0.1, 0.15) is 13.3 Å². The van der Waals surface area contributed by atoms with E-state index in [4.69, 9.17) is 5.11 Å². The minimum Gasteiger partial charge on any atom is -0.480 e. The van der Waals surface area contributed by atoms with Crippen LogP contribution in [0.5, 0.6) is 0 Å². The number of amides is 2. The van der Waals surface area contributed by atoms with Crippen LogP contribution in [-0.2, 0) is 14.3 Å². The van der Waals surface area contributed by atoms with Crippen LogP contribution in [0.15, 0.2) is 0 Å². The van der Waals surface area contributed by atoms with E-state index in [1.807, 2.05) is 0 Å². The third-order valence-electron chi connectivity index (χ3n) is 1.56. The summed E-state index contributed by atoms with van der Waals surface area (Å²) in [5.41, 5.74) is 0. The molecule has 3 N–H and O–H groups in total. The molecule has 0 aromatic carbocycles. The Kier molecular flexibility index (Phi) is 5.84. The second-order valence-electron chi connectivity index (χ2n) is 2.79. The molecule has 0 spiro atoms. The number of ether oxygens (including phenoxy) is 1. The van der Waals surface area contributed by atoms with Crippen LogP contribution in [0.3, 0.4) is 0 Å². The molecule has 0 bridgehead atoms. The van der Waals surface area contributed by atoms with Gasteiger partial charge in [0, 0.05) is 6.54 Å². The van der Waals surface area contributed by atoms with E-state index in [1.54, 1.807) is 0 Å². The zero-order valence-electron chi connectivity index (χ0n) is 8.57. The maximum Gasteiger partial charge on any atom is 0.325 e. The Hall–Kier alpha value is -1.79. The summed E-state index contributed by atoms with van der Waals surface area (Å²) in [6.07, 6.45) is 0.0470. The molecule has 0 aliphatic carbocycles. The van der Waals surface area contributed by atoms with E-state index < -0.39 is 24.0 Å². The first-order valence-corrected chi connectivity index (χ1v) is 4.31. The van der Waals surface area contributed by atoms with Gasteiger partial charge in [-0.05, 0) is 6.92 Å². The number of hydrogen-bond acceptors (Lipinski definition) is 4. The lowest BCUT2D eigenvalue weighted by Crippen LogP contribution is -2.44. The summed E-state index contributed by atoms with van der Waals surface area (Å²) in [6, 6.07) is -1.60. The first kappa shape index (κ1) is 13.2. The Bertz CT molecular complexity index is 253. The molecule has 0 saturated carbocycles. The number of aliphatic carboxylic acids is 1. The van der Waals surface area contributed by atoms with Gasteiger partial charge in [0.15, 0.2) is 0 Å². The molecular weight excluding hydrogens is 204 g/mol.